The first-order valence-corrected chi connectivity index (χ1v) is 4.74. The number of amides is 1. The minimum atomic E-state index is -5.05. The van der Waals surface area contributed by atoms with Crippen LogP contribution in [0.2, 0.25) is 0 Å². The molecule has 0 radical (unpaired) electrons. The summed E-state index contributed by atoms with van der Waals surface area (Å²) in [7, 11) is 0. The Hall–Kier alpha value is -2.32. The molecule has 0 saturated carbocycles. The highest BCUT2D eigenvalue weighted by Crippen LogP contribution is 2.26. The van der Waals surface area contributed by atoms with Gasteiger partial charge in [0.15, 0.2) is 11.6 Å². The molecule has 0 aliphatic rings. The third-order valence-corrected chi connectivity index (χ3v) is 1.87. The van der Waals surface area contributed by atoms with Crippen LogP contribution in [0.4, 0.5) is 17.6 Å². The summed E-state index contributed by atoms with van der Waals surface area (Å²) in [5.74, 6) is -5.36. The van der Waals surface area contributed by atoms with Gasteiger partial charge in [-0.3, -0.25) is 4.79 Å². The molecule has 9 heteroatoms. The van der Waals surface area contributed by atoms with Crippen LogP contribution in [-0.4, -0.2) is 23.3 Å². The Balaban J connectivity index is 2.79. The molecule has 0 fully saturated rings. The van der Waals surface area contributed by atoms with E-state index in [-0.39, 0.29) is 12.1 Å². The molecule has 0 aliphatic heterocycles. The van der Waals surface area contributed by atoms with Crippen LogP contribution in [-0.2, 0) is 16.1 Å². The van der Waals surface area contributed by atoms with Crippen LogP contribution in [0.3, 0.4) is 0 Å². The Labute approximate surface area is 103 Å². The average Bonchev–Trinajstić information content (AvgIpc) is 2.27. The van der Waals surface area contributed by atoms with Crippen molar-refractivity contribution in [3.8, 4) is 5.75 Å². The second kappa shape index (κ2) is 5.55. The number of carboxylic acid groups (broad SMARTS) is 1. The Morgan fingerprint density at radius 2 is 1.95 bits per heavy atom. The van der Waals surface area contributed by atoms with Crippen LogP contribution in [0.25, 0.3) is 0 Å². The smallest absolute Gasteiger partial charge is 0.474 e. The third-order valence-electron chi connectivity index (χ3n) is 1.87. The zero-order valence-corrected chi connectivity index (χ0v) is 9.12. The summed E-state index contributed by atoms with van der Waals surface area (Å²) >= 11 is 0. The first-order valence-electron chi connectivity index (χ1n) is 4.74. The van der Waals surface area contributed by atoms with Crippen molar-refractivity contribution in [1.82, 2.24) is 5.32 Å². The zero-order valence-electron chi connectivity index (χ0n) is 9.12. The summed E-state index contributed by atoms with van der Waals surface area (Å²) in [6, 6.07) is 2.51. The zero-order chi connectivity index (χ0) is 14.6. The lowest BCUT2D eigenvalue weighted by Gasteiger charge is -2.11. The number of hydrogen-bond donors (Lipinski definition) is 2. The van der Waals surface area contributed by atoms with Crippen molar-refractivity contribution < 1.29 is 37.0 Å². The molecule has 5 nitrogen and oxygen atoms in total. The minimum Gasteiger partial charge on any atom is -0.474 e. The molecule has 2 N–H and O–H groups in total. The summed E-state index contributed by atoms with van der Waals surface area (Å²) in [6.45, 7) is -0.375. The largest absolute Gasteiger partial charge is 0.573 e. The monoisotopic (exact) mass is 281 g/mol. The molecule has 1 aromatic rings. The van der Waals surface area contributed by atoms with E-state index in [2.05, 4.69) is 4.74 Å². The van der Waals surface area contributed by atoms with Crippen molar-refractivity contribution in [3.63, 3.8) is 0 Å². The Kier molecular flexibility index (Phi) is 4.30. The Morgan fingerprint density at radius 3 is 2.47 bits per heavy atom. The number of hydrogen-bond acceptors (Lipinski definition) is 3. The van der Waals surface area contributed by atoms with Crippen molar-refractivity contribution in [3.05, 3.63) is 29.6 Å². The second-order valence-electron chi connectivity index (χ2n) is 3.30. The molecule has 0 saturated heterocycles. The second-order valence-corrected chi connectivity index (χ2v) is 3.30. The van der Waals surface area contributed by atoms with Crippen molar-refractivity contribution in [2.24, 2.45) is 0 Å². The number of carbonyl (C=O) groups excluding carboxylic acids is 1. The van der Waals surface area contributed by atoms with E-state index >= 15 is 0 Å². The molecule has 0 unspecified atom stereocenters. The molecule has 1 rings (SSSR count). The van der Waals surface area contributed by atoms with Gasteiger partial charge in [-0.25, -0.2) is 9.18 Å². The van der Waals surface area contributed by atoms with Crippen LogP contribution in [0.5, 0.6) is 5.75 Å². The van der Waals surface area contributed by atoms with E-state index < -0.39 is 29.8 Å². The van der Waals surface area contributed by atoms with E-state index in [0.717, 1.165) is 6.07 Å². The van der Waals surface area contributed by atoms with Gasteiger partial charge in [-0.2, -0.15) is 0 Å². The van der Waals surface area contributed by atoms with Gasteiger partial charge in [0.05, 0.1) is 0 Å². The lowest BCUT2D eigenvalue weighted by Crippen LogP contribution is -2.30. The predicted octanol–water partition coefficient (Wildman–Crippen LogP) is 1.43. The molecular formula is C10H7F4NO4. The third kappa shape index (κ3) is 4.82. The summed E-state index contributed by atoms with van der Waals surface area (Å²) in [5.41, 5.74) is 0.0512. The summed E-state index contributed by atoms with van der Waals surface area (Å²) in [5, 5.41) is 10.2. The van der Waals surface area contributed by atoms with Gasteiger partial charge in [-0.15, -0.1) is 13.2 Å². The quantitative estimate of drug-likeness (QED) is 0.649. The summed E-state index contributed by atoms with van der Waals surface area (Å²) < 4.78 is 52.3. The number of halogens is 4. The van der Waals surface area contributed by atoms with E-state index in [1.54, 1.807) is 0 Å². The predicted molar refractivity (Wildman–Crippen MR) is 52.6 cm³/mol. The SMILES string of the molecule is O=C(O)C(=O)NCc1ccc(F)c(OC(F)(F)F)c1. The van der Waals surface area contributed by atoms with Crippen LogP contribution in [0.1, 0.15) is 5.56 Å². The van der Waals surface area contributed by atoms with Gasteiger partial charge >= 0.3 is 18.2 Å². The number of carboxylic acids is 1. The fraction of sp³-hybridized carbons (Fsp3) is 0.200. The maximum atomic E-state index is 13.0. The van der Waals surface area contributed by atoms with Crippen molar-refractivity contribution in [2.45, 2.75) is 12.9 Å². The maximum absolute atomic E-state index is 13.0. The molecule has 0 heterocycles. The lowest BCUT2D eigenvalue weighted by atomic mass is 10.2. The van der Waals surface area contributed by atoms with E-state index in [1.165, 1.54) is 0 Å². The number of ether oxygens (including phenoxy) is 1. The van der Waals surface area contributed by atoms with Crippen LogP contribution < -0.4 is 10.1 Å². The van der Waals surface area contributed by atoms with Gasteiger partial charge in [0.1, 0.15) is 0 Å². The highest BCUT2D eigenvalue weighted by molar-refractivity contribution is 6.31. The maximum Gasteiger partial charge on any atom is 0.573 e. The van der Waals surface area contributed by atoms with Gasteiger partial charge < -0.3 is 15.2 Å². The molecule has 0 spiro atoms. The summed E-state index contributed by atoms with van der Waals surface area (Å²) in [4.78, 5) is 20.9. The van der Waals surface area contributed by atoms with Crippen molar-refractivity contribution in [1.29, 1.82) is 0 Å². The van der Waals surface area contributed by atoms with Crippen LogP contribution >= 0.6 is 0 Å². The van der Waals surface area contributed by atoms with Crippen LogP contribution in [0.15, 0.2) is 18.2 Å². The Morgan fingerprint density at radius 1 is 1.32 bits per heavy atom. The van der Waals surface area contributed by atoms with Gasteiger partial charge in [0.2, 0.25) is 0 Å². The van der Waals surface area contributed by atoms with E-state index in [0.29, 0.717) is 12.1 Å². The lowest BCUT2D eigenvalue weighted by molar-refractivity contribution is -0.275. The molecule has 0 aliphatic carbocycles. The number of benzene rings is 1. The number of aliphatic carboxylic acids is 1. The molecule has 0 bridgehead atoms. The van der Waals surface area contributed by atoms with E-state index in [1.807, 2.05) is 5.32 Å². The number of alkyl halides is 3. The van der Waals surface area contributed by atoms with Gasteiger partial charge in [0, 0.05) is 6.54 Å². The Bertz CT molecular complexity index is 501. The van der Waals surface area contributed by atoms with Gasteiger partial charge in [-0.1, -0.05) is 6.07 Å². The van der Waals surface area contributed by atoms with E-state index in [9.17, 15) is 27.2 Å². The molecule has 1 amide bonds. The standard InChI is InChI=1S/C10H7F4NO4/c11-6-2-1-5(4-15-8(16)9(17)18)3-7(6)19-10(12,13)14/h1-3H,4H2,(H,15,16)(H,17,18). The number of rotatable bonds is 3. The molecule has 0 aromatic heterocycles. The average molecular weight is 281 g/mol. The highest BCUT2D eigenvalue weighted by Gasteiger charge is 2.32. The fourth-order valence-electron chi connectivity index (χ4n) is 1.12. The number of carbonyl (C=O) groups is 2. The highest BCUT2D eigenvalue weighted by atomic mass is 19.4. The minimum absolute atomic E-state index is 0.0512. The number of nitrogens with one attached hydrogen (secondary N) is 1. The first-order chi connectivity index (χ1) is 8.69. The topological polar surface area (TPSA) is 75.6 Å². The first kappa shape index (κ1) is 14.7. The van der Waals surface area contributed by atoms with Gasteiger partial charge in [-0.05, 0) is 17.7 Å². The van der Waals surface area contributed by atoms with E-state index in [4.69, 9.17) is 5.11 Å². The summed E-state index contributed by atoms with van der Waals surface area (Å²) in [6.07, 6.45) is -5.05. The van der Waals surface area contributed by atoms with Crippen molar-refractivity contribution >= 4 is 11.9 Å². The van der Waals surface area contributed by atoms with Gasteiger partial charge in [0.25, 0.3) is 0 Å². The molecular weight excluding hydrogens is 274 g/mol. The molecule has 0 atom stereocenters. The fourth-order valence-corrected chi connectivity index (χ4v) is 1.12. The molecule has 104 valence electrons. The molecule has 1 aromatic carbocycles. The van der Waals surface area contributed by atoms with Crippen molar-refractivity contribution in [2.75, 3.05) is 0 Å². The van der Waals surface area contributed by atoms with Crippen LogP contribution in [0, 0.1) is 5.82 Å². The normalized spacial score (nSPS) is 10.9. The molecule has 19 heavy (non-hydrogen) atoms.